The standard InChI is InChI=1S/C13H20N2/c1-10-6-12(9-15-7-10)13-5-3-4-11(13)8-14-2/h6-7,9,11,13-14H,3-5,8H2,1-2H3. The Balaban J connectivity index is 2.15. The van der Waals surface area contributed by atoms with Crippen molar-refractivity contribution in [2.45, 2.75) is 32.1 Å². The van der Waals surface area contributed by atoms with Crippen LogP contribution in [0.15, 0.2) is 18.5 Å². The lowest BCUT2D eigenvalue weighted by Gasteiger charge is -2.19. The van der Waals surface area contributed by atoms with E-state index in [-0.39, 0.29) is 0 Å². The molecular formula is C13H20N2. The molecule has 0 bridgehead atoms. The van der Waals surface area contributed by atoms with E-state index in [9.17, 15) is 0 Å². The van der Waals surface area contributed by atoms with Crippen LogP contribution in [0.4, 0.5) is 0 Å². The van der Waals surface area contributed by atoms with Gasteiger partial charge in [-0.15, -0.1) is 0 Å². The molecule has 82 valence electrons. The molecule has 0 spiro atoms. The first-order valence-corrected chi connectivity index (χ1v) is 5.87. The smallest absolute Gasteiger partial charge is 0.0303 e. The summed E-state index contributed by atoms with van der Waals surface area (Å²) in [4.78, 5) is 4.30. The Kier molecular flexibility index (Phi) is 3.37. The number of aromatic nitrogens is 1. The zero-order valence-electron chi connectivity index (χ0n) is 9.66. The maximum absolute atomic E-state index is 4.30. The van der Waals surface area contributed by atoms with Crippen LogP contribution in [0.1, 0.15) is 36.3 Å². The highest BCUT2D eigenvalue weighted by Crippen LogP contribution is 2.38. The van der Waals surface area contributed by atoms with Crippen LogP contribution in [-0.2, 0) is 0 Å². The van der Waals surface area contributed by atoms with Gasteiger partial charge in [-0.3, -0.25) is 4.98 Å². The number of aryl methyl sites for hydroxylation is 1. The fraction of sp³-hybridized carbons (Fsp3) is 0.615. The van der Waals surface area contributed by atoms with E-state index in [0.29, 0.717) is 0 Å². The van der Waals surface area contributed by atoms with Crippen LogP contribution in [-0.4, -0.2) is 18.6 Å². The van der Waals surface area contributed by atoms with E-state index in [0.717, 1.165) is 18.4 Å². The van der Waals surface area contributed by atoms with Gasteiger partial charge in [0.2, 0.25) is 0 Å². The summed E-state index contributed by atoms with van der Waals surface area (Å²) in [6, 6.07) is 2.30. The van der Waals surface area contributed by atoms with Crippen LogP contribution < -0.4 is 5.32 Å². The molecule has 1 saturated carbocycles. The van der Waals surface area contributed by atoms with E-state index in [1.807, 2.05) is 19.4 Å². The average molecular weight is 204 g/mol. The zero-order valence-corrected chi connectivity index (χ0v) is 9.66. The summed E-state index contributed by atoms with van der Waals surface area (Å²) in [6.45, 7) is 3.26. The Bertz CT molecular complexity index is 322. The fourth-order valence-electron chi connectivity index (χ4n) is 2.76. The van der Waals surface area contributed by atoms with Gasteiger partial charge in [0.05, 0.1) is 0 Å². The molecule has 1 aliphatic rings. The Labute approximate surface area is 92.1 Å². The minimum Gasteiger partial charge on any atom is -0.319 e. The normalized spacial score (nSPS) is 25.7. The molecule has 2 rings (SSSR count). The van der Waals surface area contributed by atoms with Crippen LogP contribution in [0.25, 0.3) is 0 Å². The molecule has 1 N–H and O–H groups in total. The lowest BCUT2D eigenvalue weighted by atomic mass is 9.89. The zero-order chi connectivity index (χ0) is 10.7. The SMILES string of the molecule is CNCC1CCCC1c1cncc(C)c1. The van der Waals surface area contributed by atoms with Gasteiger partial charge >= 0.3 is 0 Å². The fourth-order valence-corrected chi connectivity index (χ4v) is 2.76. The molecule has 1 aliphatic carbocycles. The van der Waals surface area contributed by atoms with Crippen molar-refractivity contribution in [3.63, 3.8) is 0 Å². The van der Waals surface area contributed by atoms with Gasteiger partial charge in [-0.25, -0.2) is 0 Å². The average Bonchev–Trinajstić information content (AvgIpc) is 2.66. The van der Waals surface area contributed by atoms with Crippen molar-refractivity contribution in [1.29, 1.82) is 0 Å². The summed E-state index contributed by atoms with van der Waals surface area (Å²) in [7, 11) is 2.05. The molecule has 2 heteroatoms. The third-order valence-electron chi connectivity index (χ3n) is 3.45. The number of pyridine rings is 1. The van der Waals surface area contributed by atoms with Crippen molar-refractivity contribution in [3.05, 3.63) is 29.6 Å². The van der Waals surface area contributed by atoms with Gasteiger partial charge < -0.3 is 5.32 Å². The van der Waals surface area contributed by atoms with Gasteiger partial charge in [-0.2, -0.15) is 0 Å². The van der Waals surface area contributed by atoms with Gasteiger partial charge in [0.1, 0.15) is 0 Å². The first-order chi connectivity index (χ1) is 7.31. The lowest BCUT2D eigenvalue weighted by Crippen LogP contribution is -2.21. The molecular weight excluding hydrogens is 184 g/mol. The molecule has 2 unspecified atom stereocenters. The van der Waals surface area contributed by atoms with E-state index in [1.54, 1.807) is 0 Å². The van der Waals surface area contributed by atoms with Gasteiger partial charge in [0, 0.05) is 12.4 Å². The Hall–Kier alpha value is -0.890. The highest BCUT2D eigenvalue weighted by molar-refractivity contribution is 5.22. The number of hydrogen-bond acceptors (Lipinski definition) is 2. The first-order valence-electron chi connectivity index (χ1n) is 5.87. The first kappa shape index (κ1) is 10.6. The second-order valence-corrected chi connectivity index (χ2v) is 4.65. The third-order valence-corrected chi connectivity index (χ3v) is 3.45. The summed E-state index contributed by atoms with van der Waals surface area (Å²) in [5.41, 5.74) is 2.72. The Morgan fingerprint density at radius 3 is 3.00 bits per heavy atom. The molecule has 0 radical (unpaired) electrons. The second-order valence-electron chi connectivity index (χ2n) is 4.65. The minimum atomic E-state index is 0.727. The molecule has 15 heavy (non-hydrogen) atoms. The number of nitrogens with zero attached hydrogens (tertiary/aromatic N) is 1. The monoisotopic (exact) mass is 204 g/mol. The number of rotatable bonds is 3. The van der Waals surface area contributed by atoms with Crippen LogP contribution in [0, 0.1) is 12.8 Å². The maximum Gasteiger partial charge on any atom is 0.0303 e. The molecule has 2 atom stereocenters. The van der Waals surface area contributed by atoms with E-state index < -0.39 is 0 Å². The Morgan fingerprint density at radius 1 is 1.40 bits per heavy atom. The number of nitrogens with one attached hydrogen (secondary N) is 1. The van der Waals surface area contributed by atoms with Crippen LogP contribution in [0.2, 0.25) is 0 Å². The Morgan fingerprint density at radius 2 is 2.27 bits per heavy atom. The van der Waals surface area contributed by atoms with Gasteiger partial charge in [-0.1, -0.05) is 12.5 Å². The van der Waals surface area contributed by atoms with Crippen LogP contribution in [0.3, 0.4) is 0 Å². The van der Waals surface area contributed by atoms with Crippen LogP contribution >= 0.6 is 0 Å². The topological polar surface area (TPSA) is 24.9 Å². The largest absolute Gasteiger partial charge is 0.319 e. The van der Waals surface area contributed by atoms with Crippen molar-refractivity contribution >= 4 is 0 Å². The predicted octanol–water partition coefficient (Wildman–Crippen LogP) is 2.49. The molecule has 0 aliphatic heterocycles. The van der Waals surface area contributed by atoms with E-state index in [4.69, 9.17) is 0 Å². The molecule has 0 amide bonds. The highest BCUT2D eigenvalue weighted by atomic mass is 14.8. The van der Waals surface area contributed by atoms with E-state index in [2.05, 4.69) is 23.3 Å². The van der Waals surface area contributed by atoms with E-state index in [1.165, 1.54) is 30.4 Å². The summed E-state index contributed by atoms with van der Waals surface area (Å²) in [5, 5.41) is 3.30. The van der Waals surface area contributed by atoms with E-state index >= 15 is 0 Å². The quantitative estimate of drug-likeness (QED) is 0.818. The van der Waals surface area contributed by atoms with Gasteiger partial charge in [0.15, 0.2) is 0 Å². The molecule has 1 heterocycles. The maximum atomic E-state index is 4.30. The van der Waals surface area contributed by atoms with Crippen molar-refractivity contribution in [2.24, 2.45) is 5.92 Å². The molecule has 0 saturated heterocycles. The minimum absolute atomic E-state index is 0.727. The van der Waals surface area contributed by atoms with Crippen LogP contribution in [0.5, 0.6) is 0 Å². The van der Waals surface area contributed by atoms with Gasteiger partial charge in [0.25, 0.3) is 0 Å². The predicted molar refractivity (Wildman–Crippen MR) is 63.0 cm³/mol. The van der Waals surface area contributed by atoms with Gasteiger partial charge in [-0.05, 0) is 56.3 Å². The van der Waals surface area contributed by atoms with Crippen molar-refractivity contribution in [1.82, 2.24) is 10.3 Å². The van der Waals surface area contributed by atoms with Crippen molar-refractivity contribution in [3.8, 4) is 0 Å². The summed E-state index contributed by atoms with van der Waals surface area (Å²) in [6.07, 6.45) is 8.04. The van der Waals surface area contributed by atoms with Crippen molar-refractivity contribution in [2.75, 3.05) is 13.6 Å². The molecule has 2 nitrogen and oxygen atoms in total. The molecule has 0 aromatic carbocycles. The lowest BCUT2D eigenvalue weighted by molar-refractivity contribution is 0.461. The molecule has 1 aromatic rings. The second kappa shape index (κ2) is 4.75. The summed E-state index contributed by atoms with van der Waals surface area (Å²) >= 11 is 0. The number of hydrogen-bond donors (Lipinski definition) is 1. The summed E-state index contributed by atoms with van der Waals surface area (Å²) in [5.74, 6) is 1.53. The summed E-state index contributed by atoms with van der Waals surface area (Å²) < 4.78 is 0. The molecule has 1 fully saturated rings. The molecule has 1 aromatic heterocycles. The van der Waals surface area contributed by atoms with Crippen molar-refractivity contribution < 1.29 is 0 Å². The third kappa shape index (κ3) is 2.37. The highest BCUT2D eigenvalue weighted by Gasteiger charge is 2.27.